The predicted octanol–water partition coefficient (Wildman–Crippen LogP) is 1.62. The number of thiol groups is 1. The van der Waals surface area contributed by atoms with Crippen molar-refractivity contribution in [2.24, 2.45) is 0 Å². The smallest absolute Gasteiger partial charge is 0.130 e. The third-order valence-electron chi connectivity index (χ3n) is 1.72. The lowest BCUT2D eigenvalue weighted by Crippen LogP contribution is -2.31. The molecule has 0 aliphatic rings. The van der Waals surface area contributed by atoms with Gasteiger partial charge in [0.05, 0.1) is 19.3 Å². The van der Waals surface area contributed by atoms with Crippen molar-refractivity contribution in [1.82, 2.24) is 5.32 Å². The number of hydrogen-bond acceptors (Lipinski definition) is 3. The number of nitrogens with one attached hydrogen (secondary N) is 1. The standard InChI is InChI=1S/C9H19NO2S2/c1-3-8(7-10-9(13)14)12-6-5-11-4-2/h8H,3-7H2,1-2H3,(H2,10,13,14). The van der Waals surface area contributed by atoms with Crippen molar-refractivity contribution in [3.8, 4) is 0 Å². The lowest BCUT2D eigenvalue weighted by molar-refractivity contribution is 0.00840. The molecule has 3 nitrogen and oxygen atoms in total. The fourth-order valence-electron chi connectivity index (χ4n) is 0.940. The lowest BCUT2D eigenvalue weighted by Gasteiger charge is -2.16. The van der Waals surface area contributed by atoms with E-state index >= 15 is 0 Å². The Labute approximate surface area is 96.9 Å². The molecule has 1 atom stereocenters. The van der Waals surface area contributed by atoms with E-state index < -0.39 is 0 Å². The highest BCUT2D eigenvalue weighted by atomic mass is 32.1. The van der Waals surface area contributed by atoms with Crippen LogP contribution in [-0.2, 0) is 9.47 Å². The molecule has 0 amide bonds. The minimum absolute atomic E-state index is 0.181. The van der Waals surface area contributed by atoms with Crippen LogP contribution in [0.3, 0.4) is 0 Å². The third kappa shape index (κ3) is 8.74. The third-order valence-corrected chi connectivity index (χ3v) is 2.02. The van der Waals surface area contributed by atoms with Gasteiger partial charge in [-0.3, -0.25) is 0 Å². The van der Waals surface area contributed by atoms with Crippen LogP contribution in [0.5, 0.6) is 0 Å². The van der Waals surface area contributed by atoms with Crippen molar-refractivity contribution in [2.45, 2.75) is 26.4 Å². The zero-order valence-electron chi connectivity index (χ0n) is 8.78. The second kappa shape index (κ2) is 9.71. The first-order valence-corrected chi connectivity index (χ1v) is 5.72. The van der Waals surface area contributed by atoms with Crippen molar-refractivity contribution in [3.05, 3.63) is 0 Å². The monoisotopic (exact) mass is 237 g/mol. The summed E-state index contributed by atoms with van der Waals surface area (Å²) in [5.74, 6) is 0. The van der Waals surface area contributed by atoms with Gasteiger partial charge in [-0.15, -0.1) is 12.6 Å². The van der Waals surface area contributed by atoms with Gasteiger partial charge in [0.15, 0.2) is 0 Å². The van der Waals surface area contributed by atoms with E-state index in [1.807, 2.05) is 6.92 Å². The Morgan fingerprint density at radius 1 is 1.43 bits per heavy atom. The molecule has 0 heterocycles. The van der Waals surface area contributed by atoms with Crippen LogP contribution in [0.4, 0.5) is 0 Å². The highest BCUT2D eigenvalue weighted by molar-refractivity contribution is 8.11. The number of hydrogen-bond donors (Lipinski definition) is 2. The lowest BCUT2D eigenvalue weighted by atomic mass is 10.3. The molecule has 0 radical (unpaired) electrons. The van der Waals surface area contributed by atoms with Gasteiger partial charge in [-0.2, -0.15) is 0 Å². The van der Waals surface area contributed by atoms with Crippen LogP contribution in [-0.4, -0.2) is 36.8 Å². The van der Waals surface area contributed by atoms with Crippen molar-refractivity contribution in [3.63, 3.8) is 0 Å². The summed E-state index contributed by atoms with van der Waals surface area (Å²) in [5, 5.41) is 2.97. The number of thiocarbonyl (C=S) groups is 1. The van der Waals surface area contributed by atoms with Gasteiger partial charge in [0.1, 0.15) is 4.32 Å². The molecule has 0 aromatic carbocycles. The molecule has 14 heavy (non-hydrogen) atoms. The van der Waals surface area contributed by atoms with E-state index in [9.17, 15) is 0 Å². The van der Waals surface area contributed by atoms with Gasteiger partial charge < -0.3 is 14.8 Å². The van der Waals surface area contributed by atoms with E-state index in [1.165, 1.54) is 0 Å². The number of rotatable bonds is 8. The molecule has 0 spiro atoms. The molecule has 1 N–H and O–H groups in total. The minimum atomic E-state index is 0.181. The van der Waals surface area contributed by atoms with Gasteiger partial charge in [0.2, 0.25) is 0 Å². The van der Waals surface area contributed by atoms with E-state index in [4.69, 9.17) is 21.7 Å². The van der Waals surface area contributed by atoms with Crippen molar-refractivity contribution in [1.29, 1.82) is 0 Å². The van der Waals surface area contributed by atoms with Gasteiger partial charge in [0, 0.05) is 13.2 Å². The maximum atomic E-state index is 5.56. The summed E-state index contributed by atoms with van der Waals surface area (Å²) in [6.07, 6.45) is 1.13. The van der Waals surface area contributed by atoms with Crippen molar-refractivity contribution >= 4 is 29.2 Å². The van der Waals surface area contributed by atoms with E-state index in [0.29, 0.717) is 24.1 Å². The molecule has 0 fully saturated rings. The number of ether oxygens (including phenoxy) is 2. The average Bonchev–Trinajstić information content (AvgIpc) is 2.16. The highest BCUT2D eigenvalue weighted by Gasteiger charge is 2.05. The SMILES string of the molecule is CCOCCOC(CC)CNC(=S)S. The summed E-state index contributed by atoms with van der Waals surface area (Å²) >= 11 is 8.77. The van der Waals surface area contributed by atoms with Crippen LogP contribution in [0.25, 0.3) is 0 Å². The average molecular weight is 237 g/mol. The Balaban J connectivity index is 3.42. The molecule has 0 aliphatic heterocycles. The molecule has 0 saturated carbocycles. The van der Waals surface area contributed by atoms with Crippen LogP contribution in [0.15, 0.2) is 0 Å². The molecule has 84 valence electrons. The highest BCUT2D eigenvalue weighted by Crippen LogP contribution is 1.97. The van der Waals surface area contributed by atoms with Crippen LogP contribution in [0, 0.1) is 0 Å². The summed E-state index contributed by atoms with van der Waals surface area (Å²) in [6.45, 7) is 6.78. The van der Waals surface area contributed by atoms with Gasteiger partial charge in [-0.05, 0) is 13.3 Å². The largest absolute Gasteiger partial charge is 0.379 e. The van der Waals surface area contributed by atoms with Crippen LogP contribution < -0.4 is 5.32 Å². The minimum Gasteiger partial charge on any atom is -0.379 e. The zero-order chi connectivity index (χ0) is 10.8. The fraction of sp³-hybridized carbons (Fsp3) is 0.889. The van der Waals surface area contributed by atoms with Crippen molar-refractivity contribution < 1.29 is 9.47 Å². The molecule has 0 aliphatic carbocycles. The second-order valence-corrected chi connectivity index (χ2v) is 3.94. The Morgan fingerprint density at radius 3 is 2.64 bits per heavy atom. The van der Waals surface area contributed by atoms with Crippen molar-refractivity contribution in [2.75, 3.05) is 26.4 Å². The van der Waals surface area contributed by atoms with Gasteiger partial charge in [-0.1, -0.05) is 19.1 Å². The van der Waals surface area contributed by atoms with Crippen LogP contribution in [0.1, 0.15) is 20.3 Å². The predicted molar refractivity (Wildman–Crippen MR) is 66.1 cm³/mol. The summed E-state index contributed by atoms with van der Waals surface area (Å²) in [6, 6.07) is 0. The molecular weight excluding hydrogens is 218 g/mol. The first-order valence-electron chi connectivity index (χ1n) is 4.86. The summed E-state index contributed by atoms with van der Waals surface area (Å²) in [5.41, 5.74) is 0. The van der Waals surface area contributed by atoms with Crippen LogP contribution in [0.2, 0.25) is 0 Å². The van der Waals surface area contributed by atoms with Gasteiger partial charge in [0.25, 0.3) is 0 Å². The molecule has 0 aromatic heterocycles. The Morgan fingerprint density at radius 2 is 2.14 bits per heavy atom. The quantitative estimate of drug-likeness (QED) is 0.381. The summed E-state index contributed by atoms with van der Waals surface area (Å²) in [4.78, 5) is 0. The van der Waals surface area contributed by atoms with E-state index in [1.54, 1.807) is 0 Å². The Bertz CT molecular complexity index is 156. The van der Waals surface area contributed by atoms with E-state index in [-0.39, 0.29) is 6.10 Å². The molecule has 0 bridgehead atoms. The molecule has 1 unspecified atom stereocenters. The van der Waals surface area contributed by atoms with Gasteiger partial charge in [-0.25, -0.2) is 0 Å². The molecular formula is C9H19NO2S2. The van der Waals surface area contributed by atoms with Crippen LogP contribution >= 0.6 is 24.8 Å². The summed E-state index contributed by atoms with van der Waals surface area (Å²) < 4.78 is 11.2. The molecule has 0 rings (SSSR count). The van der Waals surface area contributed by atoms with E-state index in [0.717, 1.165) is 13.0 Å². The first-order chi connectivity index (χ1) is 6.70. The Kier molecular flexibility index (Phi) is 9.82. The first kappa shape index (κ1) is 14.2. The fourth-order valence-corrected chi connectivity index (χ4v) is 1.11. The van der Waals surface area contributed by atoms with Gasteiger partial charge >= 0.3 is 0 Å². The maximum Gasteiger partial charge on any atom is 0.130 e. The summed E-state index contributed by atoms with van der Waals surface area (Å²) in [7, 11) is 0. The topological polar surface area (TPSA) is 30.5 Å². The maximum absolute atomic E-state index is 5.56. The molecule has 5 heteroatoms. The van der Waals surface area contributed by atoms with E-state index in [2.05, 4.69) is 24.9 Å². The zero-order valence-corrected chi connectivity index (χ0v) is 10.5. The normalized spacial score (nSPS) is 12.5. The molecule has 0 aromatic rings. The second-order valence-electron chi connectivity index (χ2n) is 2.78. The molecule has 0 saturated heterocycles. The Hall–Kier alpha value is 0.160.